The third-order valence-corrected chi connectivity index (χ3v) is 3.54. The van der Waals surface area contributed by atoms with Gasteiger partial charge in [0.05, 0.1) is 17.4 Å². The summed E-state index contributed by atoms with van der Waals surface area (Å²) in [5, 5.41) is 11.6. The molecule has 7 heteroatoms. The highest BCUT2D eigenvalue weighted by molar-refractivity contribution is 7.98. The first-order chi connectivity index (χ1) is 9.61. The summed E-state index contributed by atoms with van der Waals surface area (Å²) in [6.07, 6.45) is 3.84. The number of carbonyl (C=O) groups is 2. The molecule has 0 aliphatic rings. The minimum atomic E-state index is -1.02. The predicted octanol–water partition coefficient (Wildman–Crippen LogP) is 1.50. The van der Waals surface area contributed by atoms with Crippen molar-refractivity contribution < 1.29 is 14.7 Å². The molecule has 1 amide bonds. The van der Waals surface area contributed by atoms with E-state index in [1.54, 1.807) is 36.3 Å². The van der Waals surface area contributed by atoms with E-state index in [1.807, 2.05) is 6.26 Å². The second-order valence-corrected chi connectivity index (χ2v) is 5.27. The van der Waals surface area contributed by atoms with Gasteiger partial charge < -0.3 is 15.4 Å². The first kappa shape index (κ1) is 14.4. The first-order valence-corrected chi connectivity index (χ1v) is 7.47. The van der Waals surface area contributed by atoms with Crippen molar-refractivity contribution in [2.75, 3.05) is 12.0 Å². The van der Waals surface area contributed by atoms with Gasteiger partial charge in [-0.2, -0.15) is 11.8 Å². The smallest absolute Gasteiger partial charge is 0.326 e. The van der Waals surface area contributed by atoms with E-state index in [4.69, 9.17) is 5.11 Å². The van der Waals surface area contributed by atoms with Gasteiger partial charge >= 0.3 is 5.97 Å². The van der Waals surface area contributed by atoms with Crippen LogP contribution >= 0.6 is 11.8 Å². The van der Waals surface area contributed by atoms with Gasteiger partial charge in [0.15, 0.2) is 0 Å². The fourth-order valence-electron chi connectivity index (χ4n) is 1.81. The first-order valence-electron chi connectivity index (χ1n) is 6.07. The number of hydrogen-bond acceptors (Lipinski definition) is 4. The number of nitrogens with one attached hydrogen (secondary N) is 2. The highest BCUT2D eigenvalue weighted by Crippen LogP contribution is 2.12. The summed E-state index contributed by atoms with van der Waals surface area (Å²) in [6.45, 7) is 0. The van der Waals surface area contributed by atoms with Gasteiger partial charge in [-0.1, -0.05) is 0 Å². The molecule has 0 unspecified atom stereocenters. The van der Waals surface area contributed by atoms with Crippen molar-refractivity contribution in [1.29, 1.82) is 0 Å². The lowest BCUT2D eigenvalue weighted by molar-refractivity contribution is -0.139. The van der Waals surface area contributed by atoms with E-state index in [0.29, 0.717) is 17.7 Å². The Morgan fingerprint density at radius 3 is 3.00 bits per heavy atom. The molecule has 0 aliphatic carbocycles. The molecule has 20 heavy (non-hydrogen) atoms. The van der Waals surface area contributed by atoms with Gasteiger partial charge in [-0.25, -0.2) is 9.78 Å². The molecule has 0 radical (unpaired) electrons. The second kappa shape index (κ2) is 6.42. The van der Waals surface area contributed by atoms with Crippen molar-refractivity contribution in [1.82, 2.24) is 15.3 Å². The van der Waals surface area contributed by atoms with Gasteiger partial charge in [-0.15, -0.1) is 0 Å². The number of fused-ring (bicyclic) bond motifs is 1. The number of carboxylic acid groups (broad SMARTS) is 1. The Bertz CT molecular complexity index is 626. The van der Waals surface area contributed by atoms with Crippen LogP contribution in [0.1, 0.15) is 16.8 Å². The number of benzene rings is 1. The highest BCUT2D eigenvalue weighted by Gasteiger charge is 2.20. The zero-order chi connectivity index (χ0) is 14.5. The minimum absolute atomic E-state index is 0.394. The summed E-state index contributed by atoms with van der Waals surface area (Å²) >= 11 is 1.55. The summed E-state index contributed by atoms with van der Waals surface area (Å²) in [5.74, 6) is -0.735. The molecule has 3 N–H and O–H groups in total. The number of carbonyl (C=O) groups excluding carboxylic acids is 1. The Morgan fingerprint density at radius 2 is 2.30 bits per heavy atom. The van der Waals surface area contributed by atoms with Crippen LogP contribution in [0.2, 0.25) is 0 Å². The maximum absolute atomic E-state index is 12.1. The number of hydrogen-bond donors (Lipinski definition) is 3. The van der Waals surface area contributed by atoms with Crippen molar-refractivity contribution in [3.63, 3.8) is 0 Å². The zero-order valence-electron chi connectivity index (χ0n) is 10.9. The fourth-order valence-corrected chi connectivity index (χ4v) is 2.28. The normalized spacial score (nSPS) is 12.2. The third kappa shape index (κ3) is 3.30. The van der Waals surface area contributed by atoms with Gasteiger partial charge in [-0.05, 0) is 36.6 Å². The van der Waals surface area contributed by atoms with Crippen molar-refractivity contribution in [2.45, 2.75) is 12.5 Å². The highest BCUT2D eigenvalue weighted by atomic mass is 32.2. The van der Waals surface area contributed by atoms with Crippen LogP contribution in [-0.2, 0) is 4.79 Å². The third-order valence-electron chi connectivity index (χ3n) is 2.90. The number of aromatic amines is 1. The number of nitrogens with zero attached hydrogens (tertiary/aromatic N) is 1. The number of aromatic nitrogens is 2. The molecule has 0 aliphatic heterocycles. The summed E-state index contributed by atoms with van der Waals surface area (Å²) in [7, 11) is 0. The molecule has 0 saturated heterocycles. The quantitative estimate of drug-likeness (QED) is 0.750. The van der Waals surface area contributed by atoms with Crippen molar-refractivity contribution in [3.8, 4) is 0 Å². The van der Waals surface area contributed by atoms with Gasteiger partial charge in [0.1, 0.15) is 6.04 Å². The zero-order valence-corrected chi connectivity index (χ0v) is 11.7. The Labute approximate surface area is 120 Å². The van der Waals surface area contributed by atoms with Crippen molar-refractivity contribution in [3.05, 3.63) is 30.1 Å². The predicted molar refractivity (Wildman–Crippen MR) is 78.0 cm³/mol. The van der Waals surface area contributed by atoms with E-state index >= 15 is 0 Å². The number of amides is 1. The molecule has 1 heterocycles. The number of aliphatic carboxylic acids is 1. The Hall–Kier alpha value is -2.02. The second-order valence-electron chi connectivity index (χ2n) is 4.28. The van der Waals surface area contributed by atoms with Crippen LogP contribution in [0.3, 0.4) is 0 Å². The standard InChI is InChI=1S/C13H15N3O3S/c1-20-5-4-10(13(18)19)16-12(17)8-2-3-9-11(6-8)15-7-14-9/h2-3,6-7,10H,4-5H2,1H3,(H,14,15)(H,16,17)(H,18,19)/t10-/m1/s1. The molecule has 106 valence electrons. The van der Waals surface area contributed by atoms with E-state index in [0.717, 1.165) is 11.0 Å². The Morgan fingerprint density at radius 1 is 1.50 bits per heavy atom. The molecular weight excluding hydrogens is 278 g/mol. The molecule has 0 bridgehead atoms. The van der Waals surface area contributed by atoms with Crippen LogP contribution in [0.4, 0.5) is 0 Å². The van der Waals surface area contributed by atoms with Crippen LogP contribution < -0.4 is 5.32 Å². The minimum Gasteiger partial charge on any atom is -0.480 e. The van der Waals surface area contributed by atoms with E-state index < -0.39 is 17.9 Å². The van der Waals surface area contributed by atoms with E-state index in [9.17, 15) is 9.59 Å². The number of carboxylic acids is 1. The average molecular weight is 293 g/mol. The topological polar surface area (TPSA) is 95.1 Å². The summed E-state index contributed by atoms with van der Waals surface area (Å²) < 4.78 is 0. The molecule has 0 fully saturated rings. The molecule has 2 aromatic rings. The fraction of sp³-hybridized carbons (Fsp3) is 0.308. The molecule has 1 aromatic heterocycles. The number of thioether (sulfide) groups is 1. The van der Waals surface area contributed by atoms with Crippen LogP contribution in [0.25, 0.3) is 11.0 Å². The molecule has 1 aromatic carbocycles. The van der Waals surface area contributed by atoms with Crippen LogP contribution in [0.5, 0.6) is 0 Å². The molecule has 0 saturated carbocycles. The van der Waals surface area contributed by atoms with Crippen molar-refractivity contribution in [2.24, 2.45) is 0 Å². The molecule has 1 atom stereocenters. The lowest BCUT2D eigenvalue weighted by atomic mass is 10.1. The molecule has 6 nitrogen and oxygen atoms in total. The number of H-pyrrole nitrogens is 1. The maximum Gasteiger partial charge on any atom is 0.326 e. The van der Waals surface area contributed by atoms with E-state index in [2.05, 4.69) is 15.3 Å². The van der Waals surface area contributed by atoms with E-state index in [-0.39, 0.29) is 0 Å². The molecular formula is C13H15N3O3S. The molecule has 2 rings (SSSR count). The molecule has 0 spiro atoms. The van der Waals surface area contributed by atoms with Crippen LogP contribution in [0, 0.1) is 0 Å². The maximum atomic E-state index is 12.1. The SMILES string of the molecule is CSCC[C@@H](NC(=O)c1ccc2nc[nH]c2c1)C(=O)O. The number of imidazole rings is 1. The summed E-state index contributed by atoms with van der Waals surface area (Å²) in [6, 6.07) is 4.14. The van der Waals surface area contributed by atoms with Crippen LogP contribution in [-0.4, -0.2) is 45.0 Å². The summed E-state index contributed by atoms with van der Waals surface area (Å²) in [4.78, 5) is 30.2. The summed E-state index contributed by atoms with van der Waals surface area (Å²) in [5.41, 5.74) is 1.92. The van der Waals surface area contributed by atoms with Gasteiger partial charge in [-0.3, -0.25) is 4.79 Å². The van der Waals surface area contributed by atoms with Crippen LogP contribution in [0.15, 0.2) is 24.5 Å². The van der Waals surface area contributed by atoms with E-state index in [1.165, 1.54) is 0 Å². The van der Waals surface area contributed by atoms with Gasteiger partial charge in [0.2, 0.25) is 0 Å². The van der Waals surface area contributed by atoms with Gasteiger partial charge in [0.25, 0.3) is 5.91 Å². The average Bonchev–Trinajstić information content (AvgIpc) is 2.90. The lowest BCUT2D eigenvalue weighted by Crippen LogP contribution is -2.41. The monoisotopic (exact) mass is 293 g/mol. The lowest BCUT2D eigenvalue weighted by Gasteiger charge is -2.13. The Kier molecular flexibility index (Phi) is 4.62. The van der Waals surface area contributed by atoms with Gasteiger partial charge in [0, 0.05) is 5.56 Å². The Balaban J connectivity index is 2.10. The van der Waals surface area contributed by atoms with Crippen molar-refractivity contribution >= 4 is 34.7 Å². The largest absolute Gasteiger partial charge is 0.480 e. The number of rotatable bonds is 6.